The van der Waals surface area contributed by atoms with Gasteiger partial charge < -0.3 is 4.90 Å². The van der Waals surface area contributed by atoms with Crippen LogP contribution in [0.3, 0.4) is 0 Å². The van der Waals surface area contributed by atoms with Gasteiger partial charge in [-0.1, -0.05) is 23.8 Å². The van der Waals surface area contributed by atoms with Crippen LogP contribution in [0.1, 0.15) is 16.7 Å². The molecular formula is C11H15NO. The molecule has 2 heteroatoms. The number of hydrogen-bond acceptors (Lipinski definition) is 1. The summed E-state index contributed by atoms with van der Waals surface area (Å²) >= 11 is 0. The number of benzene rings is 1. The molecule has 0 radical (unpaired) electrons. The summed E-state index contributed by atoms with van der Waals surface area (Å²) in [6, 6.07) is 6.29. The highest BCUT2D eigenvalue weighted by Crippen LogP contribution is 2.11. The van der Waals surface area contributed by atoms with Crippen LogP contribution in [0.25, 0.3) is 0 Å². The third-order valence-electron chi connectivity index (χ3n) is 2.10. The van der Waals surface area contributed by atoms with Gasteiger partial charge in [0.15, 0.2) is 0 Å². The number of amides is 1. The van der Waals surface area contributed by atoms with Crippen LogP contribution in [0, 0.1) is 13.8 Å². The van der Waals surface area contributed by atoms with E-state index in [9.17, 15) is 4.79 Å². The van der Waals surface area contributed by atoms with Gasteiger partial charge in [0.1, 0.15) is 0 Å². The fourth-order valence-electron chi connectivity index (χ4n) is 1.28. The van der Waals surface area contributed by atoms with Crippen molar-refractivity contribution in [3.63, 3.8) is 0 Å². The molecule has 0 aliphatic heterocycles. The Labute approximate surface area is 79.2 Å². The first-order valence-electron chi connectivity index (χ1n) is 4.35. The molecule has 0 atom stereocenters. The summed E-state index contributed by atoms with van der Waals surface area (Å²) in [7, 11) is 1.79. The van der Waals surface area contributed by atoms with Crippen LogP contribution in [0.15, 0.2) is 18.2 Å². The molecule has 70 valence electrons. The first kappa shape index (κ1) is 9.78. The zero-order valence-electron chi connectivity index (χ0n) is 8.37. The summed E-state index contributed by atoms with van der Waals surface area (Å²) in [5, 5.41) is 0. The third-order valence-corrected chi connectivity index (χ3v) is 2.10. The van der Waals surface area contributed by atoms with Crippen molar-refractivity contribution < 1.29 is 4.79 Å². The lowest BCUT2D eigenvalue weighted by atomic mass is 10.1. The van der Waals surface area contributed by atoms with E-state index >= 15 is 0 Å². The van der Waals surface area contributed by atoms with Gasteiger partial charge in [-0.25, -0.2) is 0 Å². The second-order valence-electron chi connectivity index (χ2n) is 3.45. The maximum absolute atomic E-state index is 10.4. The van der Waals surface area contributed by atoms with Crippen molar-refractivity contribution in [2.24, 2.45) is 0 Å². The molecule has 0 aliphatic rings. The maximum Gasteiger partial charge on any atom is 0.209 e. The van der Waals surface area contributed by atoms with Gasteiger partial charge in [-0.2, -0.15) is 0 Å². The molecule has 1 aromatic carbocycles. The topological polar surface area (TPSA) is 20.3 Å². The quantitative estimate of drug-likeness (QED) is 0.646. The highest BCUT2D eigenvalue weighted by Gasteiger charge is 2.00. The average Bonchev–Trinajstić information content (AvgIpc) is 2.11. The maximum atomic E-state index is 10.4. The van der Waals surface area contributed by atoms with Crippen LogP contribution in [-0.4, -0.2) is 18.4 Å². The summed E-state index contributed by atoms with van der Waals surface area (Å²) in [6.07, 6.45) is 0.849. The van der Waals surface area contributed by atoms with Crippen molar-refractivity contribution in [1.82, 2.24) is 4.90 Å². The summed E-state index contributed by atoms with van der Waals surface area (Å²) in [4.78, 5) is 12.1. The zero-order chi connectivity index (χ0) is 9.84. The second-order valence-corrected chi connectivity index (χ2v) is 3.45. The minimum atomic E-state index is 0.691. The van der Waals surface area contributed by atoms with Crippen molar-refractivity contribution in [1.29, 1.82) is 0 Å². The van der Waals surface area contributed by atoms with Gasteiger partial charge in [0.25, 0.3) is 0 Å². The van der Waals surface area contributed by atoms with E-state index in [2.05, 4.69) is 32.0 Å². The number of rotatable bonds is 3. The molecule has 0 fully saturated rings. The van der Waals surface area contributed by atoms with Crippen LogP contribution in [-0.2, 0) is 11.3 Å². The van der Waals surface area contributed by atoms with E-state index in [-0.39, 0.29) is 0 Å². The Bertz CT molecular complexity index is 307. The summed E-state index contributed by atoms with van der Waals surface area (Å²) in [6.45, 7) is 4.81. The summed E-state index contributed by atoms with van der Waals surface area (Å²) in [5.41, 5.74) is 3.69. The van der Waals surface area contributed by atoms with Crippen LogP contribution in [0.4, 0.5) is 0 Å². The zero-order valence-corrected chi connectivity index (χ0v) is 8.37. The van der Waals surface area contributed by atoms with Gasteiger partial charge in [0.2, 0.25) is 6.41 Å². The minimum absolute atomic E-state index is 0.691. The Kier molecular flexibility index (Phi) is 3.07. The van der Waals surface area contributed by atoms with Gasteiger partial charge in [-0.15, -0.1) is 0 Å². The van der Waals surface area contributed by atoms with Gasteiger partial charge in [0, 0.05) is 13.6 Å². The van der Waals surface area contributed by atoms with E-state index < -0.39 is 0 Å². The van der Waals surface area contributed by atoms with Crippen LogP contribution >= 0.6 is 0 Å². The molecule has 0 heterocycles. The molecule has 1 amide bonds. The van der Waals surface area contributed by atoms with Crippen LogP contribution in [0.5, 0.6) is 0 Å². The smallest absolute Gasteiger partial charge is 0.209 e. The van der Waals surface area contributed by atoms with Crippen LogP contribution < -0.4 is 0 Å². The molecule has 0 aromatic heterocycles. The van der Waals surface area contributed by atoms with Gasteiger partial charge in [0.05, 0.1) is 0 Å². The number of hydrogen-bond donors (Lipinski definition) is 0. The summed E-state index contributed by atoms with van der Waals surface area (Å²) < 4.78 is 0. The number of carbonyl (C=O) groups is 1. The van der Waals surface area contributed by atoms with E-state index in [1.807, 2.05) is 0 Å². The predicted molar refractivity (Wildman–Crippen MR) is 53.4 cm³/mol. The van der Waals surface area contributed by atoms with Crippen molar-refractivity contribution in [2.45, 2.75) is 20.4 Å². The lowest BCUT2D eigenvalue weighted by Crippen LogP contribution is -2.15. The Morgan fingerprint density at radius 3 is 2.69 bits per heavy atom. The van der Waals surface area contributed by atoms with Crippen molar-refractivity contribution in [2.75, 3.05) is 7.05 Å². The largest absolute Gasteiger partial charge is 0.344 e. The van der Waals surface area contributed by atoms with Gasteiger partial charge in [-0.3, -0.25) is 4.79 Å². The molecule has 1 rings (SSSR count). The normalized spacial score (nSPS) is 9.77. The first-order chi connectivity index (χ1) is 6.13. The van der Waals surface area contributed by atoms with Crippen molar-refractivity contribution >= 4 is 6.41 Å². The van der Waals surface area contributed by atoms with E-state index in [1.165, 1.54) is 16.7 Å². The van der Waals surface area contributed by atoms with Gasteiger partial charge in [-0.05, 0) is 25.0 Å². The molecule has 1 aromatic rings. The molecule has 2 nitrogen and oxygen atoms in total. The SMILES string of the molecule is Cc1ccc(C)c(CN(C)C=O)c1. The minimum Gasteiger partial charge on any atom is -0.344 e. The second kappa shape index (κ2) is 4.08. The predicted octanol–water partition coefficient (Wildman–Crippen LogP) is 1.89. The monoisotopic (exact) mass is 177 g/mol. The molecular weight excluding hydrogens is 162 g/mol. The van der Waals surface area contributed by atoms with E-state index in [1.54, 1.807) is 11.9 Å². The molecule has 13 heavy (non-hydrogen) atoms. The average molecular weight is 177 g/mol. The Morgan fingerprint density at radius 1 is 1.38 bits per heavy atom. The summed E-state index contributed by atoms with van der Waals surface area (Å²) in [5.74, 6) is 0. The molecule has 0 bridgehead atoms. The molecule has 0 unspecified atom stereocenters. The lowest BCUT2D eigenvalue weighted by Gasteiger charge is -2.13. The van der Waals surface area contributed by atoms with E-state index in [4.69, 9.17) is 0 Å². The van der Waals surface area contributed by atoms with Gasteiger partial charge >= 0.3 is 0 Å². The van der Waals surface area contributed by atoms with Crippen molar-refractivity contribution in [3.05, 3.63) is 34.9 Å². The Balaban J connectivity index is 2.86. The number of aryl methyl sites for hydroxylation is 2. The fraction of sp³-hybridized carbons (Fsp3) is 0.364. The molecule has 0 N–H and O–H groups in total. The molecule has 0 saturated heterocycles. The van der Waals surface area contributed by atoms with Crippen molar-refractivity contribution in [3.8, 4) is 0 Å². The van der Waals surface area contributed by atoms with E-state index in [0.29, 0.717) is 6.54 Å². The molecule has 0 aliphatic carbocycles. The lowest BCUT2D eigenvalue weighted by molar-refractivity contribution is -0.117. The highest BCUT2D eigenvalue weighted by molar-refractivity contribution is 5.47. The number of carbonyl (C=O) groups excluding carboxylic acids is 1. The van der Waals surface area contributed by atoms with Crippen LogP contribution in [0.2, 0.25) is 0 Å². The fourth-order valence-corrected chi connectivity index (χ4v) is 1.28. The first-order valence-corrected chi connectivity index (χ1v) is 4.35. The molecule has 0 saturated carbocycles. The Morgan fingerprint density at radius 2 is 2.08 bits per heavy atom. The highest BCUT2D eigenvalue weighted by atomic mass is 16.1. The van der Waals surface area contributed by atoms with E-state index in [0.717, 1.165) is 6.41 Å². The third kappa shape index (κ3) is 2.58. The number of nitrogens with zero attached hydrogens (tertiary/aromatic N) is 1. The molecule has 0 spiro atoms. The Hall–Kier alpha value is -1.31. The standard InChI is InChI=1S/C11H15NO/c1-9-4-5-10(2)11(6-9)7-12(3)8-13/h4-6,8H,7H2,1-3H3.